The Morgan fingerprint density at radius 1 is 0.415 bits per heavy atom. The van der Waals surface area contributed by atoms with Gasteiger partial charge in [0.25, 0.3) is 0 Å². The molecule has 0 heterocycles. The number of amides is 1. The van der Waals surface area contributed by atoms with Gasteiger partial charge in [0.2, 0.25) is 5.91 Å². The molecule has 0 saturated carbocycles. The molecule has 0 bridgehead atoms. The van der Waals surface area contributed by atoms with Crippen molar-refractivity contribution in [2.75, 3.05) is 13.2 Å². The van der Waals surface area contributed by atoms with E-state index in [2.05, 4.69) is 31.3 Å². The summed E-state index contributed by atoms with van der Waals surface area (Å²) in [5.41, 5.74) is 0. The van der Waals surface area contributed by atoms with Crippen LogP contribution >= 0.6 is 0 Å². The van der Waals surface area contributed by atoms with Gasteiger partial charge in [-0.25, -0.2) is 0 Å². The molecule has 386 valence electrons. The maximum absolute atomic E-state index is 12.4. The number of unbranched alkanes of at least 4 members (excludes halogenated alkanes) is 42. The normalized spacial score (nSPS) is 12.6. The second-order valence-electron chi connectivity index (χ2n) is 20.3. The van der Waals surface area contributed by atoms with E-state index in [4.69, 9.17) is 4.74 Å². The number of hydrogen-bond acceptors (Lipinski definition) is 5. The van der Waals surface area contributed by atoms with Crippen LogP contribution in [0.4, 0.5) is 0 Å². The van der Waals surface area contributed by atoms with Gasteiger partial charge in [0, 0.05) is 12.8 Å². The van der Waals surface area contributed by atoms with Crippen molar-refractivity contribution in [3.8, 4) is 0 Å². The summed E-state index contributed by atoms with van der Waals surface area (Å²) < 4.78 is 5.49. The fourth-order valence-corrected chi connectivity index (χ4v) is 9.28. The Hall–Kier alpha value is -1.40. The van der Waals surface area contributed by atoms with Crippen LogP contribution in [-0.2, 0) is 14.3 Å². The van der Waals surface area contributed by atoms with E-state index in [1.165, 1.54) is 257 Å². The van der Waals surface area contributed by atoms with Crippen LogP contribution in [0.25, 0.3) is 0 Å². The Bertz CT molecular complexity index is 970. The number of hydrogen-bond donors (Lipinski definition) is 3. The number of nitrogens with one attached hydrogen (secondary N) is 1. The van der Waals surface area contributed by atoms with Crippen LogP contribution in [0.5, 0.6) is 0 Å². The van der Waals surface area contributed by atoms with Gasteiger partial charge in [0.05, 0.1) is 25.4 Å². The van der Waals surface area contributed by atoms with E-state index in [0.717, 1.165) is 38.5 Å². The summed E-state index contributed by atoms with van der Waals surface area (Å²) in [7, 11) is 0. The minimum atomic E-state index is -0.666. The molecule has 0 aliphatic rings. The molecule has 0 fully saturated rings. The van der Waals surface area contributed by atoms with E-state index >= 15 is 0 Å². The van der Waals surface area contributed by atoms with Crippen LogP contribution in [0.1, 0.15) is 328 Å². The maximum Gasteiger partial charge on any atom is 0.305 e. The highest BCUT2D eigenvalue weighted by Crippen LogP contribution is 2.17. The summed E-state index contributed by atoms with van der Waals surface area (Å²) in [5.74, 6) is -0.0313. The molecule has 65 heavy (non-hydrogen) atoms. The summed E-state index contributed by atoms with van der Waals surface area (Å²) in [6.07, 6.45) is 65.1. The SMILES string of the molecule is CCCCCCCCCCCCCCCCCCCCC(=O)OCCCCCCCCCCCC/C=C\CCCCCCCCCC(=O)NC(CO)C(O)CCCCCCCCCCC. The van der Waals surface area contributed by atoms with Crippen molar-refractivity contribution >= 4 is 11.9 Å². The lowest BCUT2D eigenvalue weighted by Crippen LogP contribution is -2.45. The van der Waals surface area contributed by atoms with Gasteiger partial charge in [-0.15, -0.1) is 0 Å². The first kappa shape index (κ1) is 63.6. The molecule has 0 aliphatic carbocycles. The van der Waals surface area contributed by atoms with Crippen molar-refractivity contribution in [1.29, 1.82) is 0 Å². The van der Waals surface area contributed by atoms with Gasteiger partial charge in [-0.2, -0.15) is 0 Å². The van der Waals surface area contributed by atoms with Gasteiger partial charge >= 0.3 is 5.97 Å². The minimum Gasteiger partial charge on any atom is -0.466 e. The average molecular weight is 919 g/mol. The van der Waals surface area contributed by atoms with Crippen LogP contribution in [0.2, 0.25) is 0 Å². The van der Waals surface area contributed by atoms with Crippen molar-refractivity contribution < 1.29 is 24.5 Å². The quantitative estimate of drug-likeness (QED) is 0.0321. The number of carbonyl (C=O) groups is 2. The van der Waals surface area contributed by atoms with Gasteiger partial charge in [-0.05, 0) is 51.4 Å². The first-order chi connectivity index (χ1) is 32.0. The number of ether oxygens (including phenoxy) is 1. The second-order valence-corrected chi connectivity index (χ2v) is 20.3. The summed E-state index contributed by atoms with van der Waals surface area (Å²) in [6.45, 7) is 4.94. The highest BCUT2D eigenvalue weighted by Gasteiger charge is 2.20. The molecule has 2 unspecified atom stereocenters. The predicted molar refractivity (Wildman–Crippen MR) is 283 cm³/mol. The number of aliphatic hydroxyl groups is 2. The highest BCUT2D eigenvalue weighted by atomic mass is 16.5. The smallest absolute Gasteiger partial charge is 0.305 e. The summed E-state index contributed by atoms with van der Waals surface area (Å²) in [5, 5.41) is 23.1. The molecule has 0 radical (unpaired) electrons. The lowest BCUT2D eigenvalue weighted by molar-refractivity contribution is -0.143. The molecule has 0 aromatic heterocycles. The molecule has 3 N–H and O–H groups in total. The molecule has 0 rings (SSSR count). The van der Waals surface area contributed by atoms with E-state index in [1.807, 2.05) is 0 Å². The van der Waals surface area contributed by atoms with E-state index in [-0.39, 0.29) is 18.5 Å². The molecular formula is C59H115NO5. The molecule has 0 aliphatic heterocycles. The number of carbonyl (C=O) groups excluding carboxylic acids is 2. The largest absolute Gasteiger partial charge is 0.466 e. The minimum absolute atomic E-state index is 0.0129. The third kappa shape index (κ3) is 51.8. The van der Waals surface area contributed by atoms with Gasteiger partial charge in [0.1, 0.15) is 0 Å². The zero-order valence-corrected chi connectivity index (χ0v) is 44.0. The van der Waals surface area contributed by atoms with Gasteiger partial charge in [-0.3, -0.25) is 9.59 Å². The lowest BCUT2D eigenvalue weighted by atomic mass is 10.0. The Morgan fingerprint density at radius 3 is 1.09 bits per heavy atom. The zero-order chi connectivity index (χ0) is 47.2. The second kappa shape index (κ2) is 55.2. The van der Waals surface area contributed by atoms with Crippen molar-refractivity contribution in [1.82, 2.24) is 5.32 Å². The average Bonchev–Trinajstić information content (AvgIpc) is 3.31. The topological polar surface area (TPSA) is 95.9 Å². The molecule has 0 spiro atoms. The Labute approximate surface area is 406 Å². The van der Waals surface area contributed by atoms with Crippen molar-refractivity contribution in [2.24, 2.45) is 0 Å². The van der Waals surface area contributed by atoms with Crippen molar-refractivity contribution in [3.05, 3.63) is 12.2 Å². The molecule has 1 amide bonds. The Kier molecular flexibility index (Phi) is 54.0. The van der Waals surface area contributed by atoms with Crippen LogP contribution in [-0.4, -0.2) is 47.4 Å². The molecule has 0 aromatic carbocycles. The number of esters is 1. The number of rotatable bonds is 55. The predicted octanol–water partition coefficient (Wildman–Crippen LogP) is 18.1. The van der Waals surface area contributed by atoms with Gasteiger partial charge in [-0.1, -0.05) is 276 Å². The molecule has 6 heteroatoms. The summed E-state index contributed by atoms with van der Waals surface area (Å²) >= 11 is 0. The van der Waals surface area contributed by atoms with Gasteiger partial charge in [0.15, 0.2) is 0 Å². The molecule has 6 nitrogen and oxygen atoms in total. The summed E-state index contributed by atoms with van der Waals surface area (Å²) in [4.78, 5) is 24.5. The van der Waals surface area contributed by atoms with Crippen LogP contribution < -0.4 is 5.32 Å². The van der Waals surface area contributed by atoms with E-state index in [1.54, 1.807) is 0 Å². The standard InChI is InChI=1S/C59H115NO5/c1-3-5-7-9-11-13-14-15-16-17-24-27-30-33-37-41-45-49-53-59(64)65-54-50-46-42-38-34-31-28-25-22-20-18-19-21-23-26-29-32-36-40-44-48-52-58(63)60-56(55-61)57(62)51-47-43-39-35-12-10-8-6-4-2/h19,21,56-57,61-62H,3-18,20,22-55H2,1-2H3,(H,60,63)/b21-19-. The molecule has 0 aromatic rings. The Morgan fingerprint density at radius 2 is 0.723 bits per heavy atom. The van der Waals surface area contributed by atoms with E-state index < -0.39 is 12.1 Å². The van der Waals surface area contributed by atoms with Crippen LogP contribution in [0.3, 0.4) is 0 Å². The van der Waals surface area contributed by atoms with Crippen molar-refractivity contribution in [3.63, 3.8) is 0 Å². The third-order valence-corrected chi connectivity index (χ3v) is 13.8. The van der Waals surface area contributed by atoms with Crippen LogP contribution in [0.15, 0.2) is 12.2 Å². The number of aliphatic hydroxyl groups excluding tert-OH is 2. The molecule has 0 saturated heterocycles. The van der Waals surface area contributed by atoms with Crippen LogP contribution in [0, 0.1) is 0 Å². The summed E-state index contributed by atoms with van der Waals surface area (Å²) in [6, 6.07) is -0.544. The van der Waals surface area contributed by atoms with Crippen molar-refractivity contribution in [2.45, 2.75) is 341 Å². The maximum atomic E-state index is 12.4. The first-order valence-corrected chi connectivity index (χ1v) is 29.4. The highest BCUT2D eigenvalue weighted by molar-refractivity contribution is 5.76. The fourth-order valence-electron chi connectivity index (χ4n) is 9.28. The zero-order valence-electron chi connectivity index (χ0n) is 44.0. The lowest BCUT2D eigenvalue weighted by Gasteiger charge is -2.22. The molecular weight excluding hydrogens is 803 g/mol. The van der Waals surface area contributed by atoms with E-state index in [0.29, 0.717) is 25.9 Å². The third-order valence-electron chi connectivity index (χ3n) is 13.8. The van der Waals surface area contributed by atoms with E-state index in [9.17, 15) is 19.8 Å². The Balaban J connectivity index is 3.36. The first-order valence-electron chi connectivity index (χ1n) is 29.4. The fraction of sp³-hybridized carbons (Fsp3) is 0.932. The van der Waals surface area contributed by atoms with Gasteiger partial charge < -0.3 is 20.3 Å². The monoisotopic (exact) mass is 918 g/mol. The number of allylic oxidation sites excluding steroid dienone is 2. The molecule has 2 atom stereocenters.